The Kier molecular flexibility index (Phi) is 5.83. The Morgan fingerprint density at radius 2 is 1.85 bits per heavy atom. The van der Waals surface area contributed by atoms with Crippen LogP contribution in [0.15, 0.2) is 12.1 Å². The van der Waals surface area contributed by atoms with Gasteiger partial charge in [0, 0.05) is 41.3 Å². The molecule has 1 saturated carbocycles. The van der Waals surface area contributed by atoms with Crippen LogP contribution >= 0.6 is 11.3 Å². The molecule has 1 atom stereocenters. The second kappa shape index (κ2) is 8.31. The second-order valence-electron chi connectivity index (χ2n) is 8.39. The first-order valence-corrected chi connectivity index (χ1v) is 11.3. The van der Waals surface area contributed by atoms with Gasteiger partial charge < -0.3 is 10.2 Å². The number of rotatable bonds is 5. The molecule has 1 aromatic heterocycles. The molecule has 3 heterocycles. The molecule has 1 aromatic rings. The van der Waals surface area contributed by atoms with Crippen molar-refractivity contribution in [3.63, 3.8) is 0 Å². The number of carbonyl (C=O) groups excluding carboxylic acids is 2. The van der Waals surface area contributed by atoms with E-state index in [1.165, 1.54) is 9.75 Å². The summed E-state index contributed by atoms with van der Waals surface area (Å²) in [5, 5.41) is 3.14. The summed E-state index contributed by atoms with van der Waals surface area (Å²) in [6, 6.07) is 4.74. The van der Waals surface area contributed by atoms with Gasteiger partial charge in [-0.2, -0.15) is 0 Å². The van der Waals surface area contributed by atoms with E-state index in [4.69, 9.17) is 0 Å². The number of thiophene rings is 1. The van der Waals surface area contributed by atoms with Crippen molar-refractivity contribution in [2.75, 3.05) is 26.2 Å². The number of piperidine rings is 2. The van der Waals surface area contributed by atoms with Crippen molar-refractivity contribution in [3.05, 3.63) is 21.9 Å². The highest BCUT2D eigenvalue weighted by Gasteiger charge is 2.37. The van der Waals surface area contributed by atoms with Gasteiger partial charge in [-0.05, 0) is 64.1 Å². The zero-order chi connectivity index (χ0) is 18.8. The third-order valence-electron chi connectivity index (χ3n) is 6.28. The van der Waals surface area contributed by atoms with Gasteiger partial charge in [0.25, 0.3) is 0 Å². The molecular weight excluding hydrogens is 358 g/mol. The molecule has 0 spiro atoms. The molecule has 148 valence electrons. The number of hydrogen-bond donors (Lipinski definition) is 1. The zero-order valence-corrected chi connectivity index (χ0v) is 17.1. The molecule has 2 amide bonds. The monoisotopic (exact) mass is 389 g/mol. The van der Waals surface area contributed by atoms with Crippen molar-refractivity contribution in [2.45, 2.75) is 58.0 Å². The molecule has 1 unspecified atom stereocenters. The summed E-state index contributed by atoms with van der Waals surface area (Å²) >= 11 is 1.75. The van der Waals surface area contributed by atoms with Crippen LogP contribution in [0.25, 0.3) is 0 Å². The Balaban J connectivity index is 1.24. The molecule has 0 aromatic carbocycles. The Hall–Kier alpha value is -1.40. The Morgan fingerprint density at radius 1 is 1.07 bits per heavy atom. The molecular formula is C21H31N3O2S. The summed E-state index contributed by atoms with van der Waals surface area (Å²) in [7, 11) is 0. The van der Waals surface area contributed by atoms with E-state index in [1.54, 1.807) is 11.3 Å². The van der Waals surface area contributed by atoms with E-state index >= 15 is 0 Å². The average molecular weight is 390 g/mol. The Bertz CT molecular complexity index is 677. The van der Waals surface area contributed by atoms with Crippen molar-refractivity contribution in [1.29, 1.82) is 0 Å². The normalized spacial score (nSPS) is 24.8. The average Bonchev–Trinajstić information content (AvgIpc) is 3.47. The highest BCUT2D eigenvalue weighted by Crippen LogP contribution is 2.32. The molecule has 6 heteroatoms. The first-order valence-electron chi connectivity index (χ1n) is 10.5. The van der Waals surface area contributed by atoms with Gasteiger partial charge in [0.05, 0.1) is 12.5 Å². The fourth-order valence-corrected chi connectivity index (χ4v) is 5.32. The summed E-state index contributed by atoms with van der Waals surface area (Å²) < 4.78 is 0. The smallest absolute Gasteiger partial charge is 0.225 e. The SMILES string of the molecule is Cc1ccc(CNC(=O)C2CCCN(C3CCN(C(=O)C4CC4)CC3)C2)s1. The number of nitrogens with one attached hydrogen (secondary N) is 1. The summed E-state index contributed by atoms with van der Waals surface area (Å²) in [6.07, 6.45) is 6.38. The van der Waals surface area contributed by atoms with Crippen LogP contribution < -0.4 is 5.32 Å². The highest BCUT2D eigenvalue weighted by atomic mass is 32.1. The van der Waals surface area contributed by atoms with Crippen LogP contribution in [0.5, 0.6) is 0 Å². The van der Waals surface area contributed by atoms with E-state index < -0.39 is 0 Å². The number of carbonyl (C=O) groups is 2. The lowest BCUT2D eigenvalue weighted by Gasteiger charge is -2.42. The first-order chi connectivity index (χ1) is 13.1. The molecule has 2 saturated heterocycles. The minimum Gasteiger partial charge on any atom is -0.351 e. The second-order valence-corrected chi connectivity index (χ2v) is 9.77. The standard InChI is InChI=1S/C21H31N3O2S/c1-15-4-7-19(27-15)13-22-20(25)17-3-2-10-24(14-17)18-8-11-23(12-9-18)21(26)16-5-6-16/h4,7,16-18H,2-3,5-6,8-14H2,1H3,(H,22,25). The van der Waals surface area contributed by atoms with E-state index in [9.17, 15) is 9.59 Å². The maximum Gasteiger partial charge on any atom is 0.225 e. The largest absolute Gasteiger partial charge is 0.351 e. The van der Waals surface area contributed by atoms with Gasteiger partial charge in [0.2, 0.25) is 11.8 Å². The van der Waals surface area contributed by atoms with Gasteiger partial charge in [-0.25, -0.2) is 0 Å². The lowest BCUT2D eigenvalue weighted by Crippen LogP contribution is -2.51. The van der Waals surface area contributed by atoms with Gasteiger partial charge in [-0.15, -0.1) is 11.3 Å². The van der Waals surface area contributed by atoms with E-state index in [0.717, 1.165) is 64.7 Å². The number of hydrogen-bond acceptors (Lipinski definition) is 4. The van der Waals surface area contributed by atoms with Crippen molar-refractivity contribution in [1.82, 2.24) is 15.1 Å². The molecule has 27 heavy (non-hydrogen) atoms. The maximum absolute atomic E-state index is 12.6. The molecule has 0 bridgehead atoms. The Morgan fingerprint density at radius 3 is 2.52 bits per heavy atom. The van der Waals surface area contributed by atoms with Crippen LogP contribution in [-0.4, -0.2) is 53.8 Å². The molecule has 3 aliphatic rings. The fraction of sp³-hybridized carbons (Fsp3) is 0.714. The number of aryl methyl sites for hydroxylation is 1. The van der Waals surface area contributed by atoms with Crippen molar-refractivity contribution in [2.24, 2.45) is 11.8 Å². The van der Waals surface area contributed by atoms with Gasteiger partial charge in [-0.3, -0.25) is 14.5 Å². The van der Waals surface area contributed by atoms with Crippen LogP contribution in [-0.2, 0) is 16.1 Å². The highest BCUT2D eigenvalue weighted by molar-refractivity contribution is 7.11. The molecule has 1 N–H and O–H groups in total. The van der Waals surface area contributed by atoms with Gasteiger partial charge >= 0.3 is 0 Å². The lowest BCUT2D eigenvalue weighted by atomic mass is 9.93. The summed E-state index contributed by atoms with van der Waals surface area (Å²) in [4.78, 5) is 32.0. The molecule has 4 rings (SSSR count). The minimum absolute atomic E-state index is 0.103. The number of amides is 2. The molecule has 0 radical (unpaired) electrons. The quantitative estimate of drug-likeness (QED) is 0.843. The van der Waals surface area contributed by atoms with Crippen LogP contribution in [0.2, 0.25) is 0 Å². The predicted molar refractivity (Wildman–Crippen MR) is 108 cm³/mol. The van der Waals surface area contributed by atoms with E-state index in [-0.39, 0.29) is 11.8 Å². The van der Waals surface area contributed by atoms with Crippen molar-refractivity contribution in [3.8, 4) is 0 Å². The van der Waals surface area contributed by atoms with Gasteiger partial charge in [-0.1, -0.05) is 0 Å². The predicted octanol–water partition coefficient (Wildman–Crippen LogP) is 2.79. The van der Waals surface area contributed by atoms with Crippen LogP contribution in [0.4, 0.5) is 0 Å². The van der Waals surface area contributed by atoms with E-state index in [1.807, 2.05) is 0 Å². The summed E-state index contributed by atoms with van der Waals surface area (Å²) in [5.41, 5.74) is 0. The fourth-order valence-electron chi connectivity index (χ4n) is 4.49. The topological polar surface area (TPSA) is 52.7 Å². The molecule has 3 fully saturated rings. The molecule has 1 aliphatic carbocycles. The van der Waals surface area contributed by atoms with E-state index in [0.29, 0.717) is 24.4 Å². The zero-order valence-electron chi connectivity index (χ0n) is 16.3. The van der Waals surface area contributed by atoms with Crippen molar-refractivity contribution >= 4 is 23.2 Å². The van der Waals surface area contributed by atoms with Crippen molar-refractivity contribution < 1.29 is 9.59 Å². The molecule has 2 aliphatic heterocycles. The van der Waals surface area contributed by atoms with Crippen LogP contribution in [0.3, 0.4) is 0 Å². The number of nitrogens with zero attached hydrogens (tertiary/aromatic N) is 2. The minimum atomic E-state index is 0.103. The van der Waals surface area contributed by atoms with Gasteiger partial charge in [0.15, 0.2) is 0 Å². The summed E-state index contributed by atoms with van der Waals surface area (Å²) in [5.74, 6) is 1.02. The summed E-state index contributed by atoms with van der Waals surface area (Å²) in [6.45, 7) is 6.50. The van der Waals surface area contributed by atoms with Crippen LogP contribution in [0.1, 0.15) is 48.3 Å². The maximum atomic E-state index is 12.6. The van der Waals surface area contributed by atoms with Crippen LogP contribution in [0, 0.1) is 18.8 Å². The third kappa shape index (κ3) is 4.72. The lowest BCUT2D eigenvalue weighted by molar-refractivity contribution is -0.134. The van der Waals surface area contributed by atoms with Gasteiger partial charge in [0.1, 0.15) is 0 Å². The third-order valence-corrected chi connectivity index (χ3v) is 7.28. The van der Waals surface area contributed by atoms with E-state index in [2.05, 4.69) is 34.2 Å². The first kappa shape index (κ1) is 18.9. The number of likely N-dealkylation sites (tertiary alicyclic amines) is 2. The molecule has 5 nitrogen and oxygen atoms in total. The Labute approximate surface area is 166 Å².